The first-order valence-electron chi connectivity index (χ1n) is 6.63. The lowest BCUT2D eigenvalue weighted by Gasteiger charge is -2.38. The molecular weight excluding hydrogens is 198 g/mol. The van der Waals surface area contributed by atoms with Crippen molar-refractivity contribution >= 4 is 0 Å². The molecule has 0 fully saturated rings. The molecule has 0 aliphatic heterocycles. The zero-order chi connectivity index (χ0) is 12.8. The molecule has 0 bridgehead atoms. The third-order valence-corrected chi connectivity index (χ3v) is 3.56. The summed E-state index contributed by atoms with van der Waals surface area (Å²) in [4.78, 5) is 2.26. The molecule has 2 atom stereocenters. The van der Waals surface area contributed by atoms with Gasteiger partial charge in [0.05, 0.1) is 6.10 Å². The molecule has 0 saturated heterocycles. The second kappa shape index (κ2) is 7.29. The van der Waals surface area contributed by atoms with Crippen LogP contribution in [0.3, 0.4) is 0 Å². The van der Waals surface area contributed by atoms with Crippen molar-refractivity contribution in [3.8, 4) is 0 Å². The molecule has 0 radical (unpaired) electrons. The van der Waals surface area contributed by atoms with Crippen LogP contribution in [0.1, 0.15) is 59.8 Å². The molecule has 98 valence electrons. The third-order valence-electron chi connectivity index (χ3n) is 3.56. The fraction of sp³-hybridized carbons (Fsp3) is 1.00. The van der Waals surface area contributed by atoms with Gasteiger partial charge in [-0.2, -0.15) is 0 Å². The van der Waals surface area contributed by atoms with Crippen LogP contribution in [0.25, 0.3) is 0 Å². The van der Waals surface area contributed by atoms with Crippen molar-refractivity contribution in [2.75, 3.05) is 14.1 Å². The summed E-state index contributed by atoms with van der Waals surface area (Å²) >= 11 is 0. The Morgan fingerprint density at radius 3 is 2.06 bits per heavy atom. The maximum absolute atomic E-state index is 9.55. The molecule has 2 heteroatoms. The molecule has 0 spiro atoms. The predicted molar refractivity (Wildman–Crippen MR) is 71.7 cm³/mol. The Bertz CT molecular complexity index is 178. The molecular formula is C14H31NO. The molecule has 0 heterocycles. The van der Waals surface area contributed by atoms with Gasteiger partial charge in [-0.25, -0.2) is 0 Å². The maximum atomic E-state index is 9.55. The van der Waals surface area contributed by atoms with Gasteiger partial charge in [-0.15, -0.1) is 0 Å². The zero-order valence-electron chi connectivity index (χ0n) is 12.1. The van der Waals surface area contributed by atoms with E-state index in [4.69, 9.17) is 0 Å². The molecule has 2 unspecified atom stereocenters. The quantitative estimate of drug-likeness (QED) is 0.646. The normalized spacial score (nSPS) is 17.8. The van der Waals surface area contributed by atoms with E-state index < -0.39 is 0 Å². The SMILES string of the molecule is CC(C)CCCCC(C)(CC(C)O)N(C)C. The van der Waals surface area contributed by atoms with Gasteiger partial charge in [0.1, 0.15) is 0 Å². The fourth-order valence-electron chi connectivity index (χ4n) is 2.20. The molecule has 2 nitrogen and oxygen atoms in total. The summed E-state index contributed by atoms with van der Waals surface area (Å²) in [7, 11) is 4.23. The van der Waals surface area contributed by atoms with Crippen molar-refractivity contribution in [1.82, 2.24) is 4.90 Å². The second-order valence-electron chi connectivity index (χ2n) is 6.08. The van der Waals surface area contributed by atoms with E-state index in [2.05, 4.69) is 39.8 Å². The van der Waals surface area contributed by atoms with Crippen LogP contribution in [0.2, 0.25) is 0 Å². The number of rotatable bonds is 8. The van der Waals surface area contributed by atoms with E-state index in [0.717, 1.165) is 12.3 Å². The summed E-state index contributed by atoms with van der Waals surface area (Å²) in [5.41, 5.74) is 0.144. The molecule has 0 aromatic heterocycles. The maximum Gasteiger partial charge on any atom is 0.0529 e. The van der Waals surface area contributed by atoms with Gasteiger partial charge in [-0.3, -0.25) is 0 Å². The van der Waals surface area contributed by atoms with Crippen molar-refractivity contribution in [2.45, 2.75) is 71.4 Å². The number of aliphatic hydroxyl groups is 1. The van der Waals surface area contributed by atoms with Gasteiger partial charge >= 0.3 is 0 Å². The molecule has 0 aromatic carbocycles. The number of nitrogens with zero attached hydrogens (tertiary/aromatic N) is 1. The first kappa shape index (κ1) is 15.9. The van der Waals surface area contributed by atoms with E-state index in [0.29, 0.717) is 0 Å². The summed E-state index contributed by atoms with van der Waals surface area (Å²) in [6.07, 6.45) is 5.72. The van der Waals surface area contributed by atoms with E-state index >= 15 is 0 Å². The standard InChI is InChI=1S/C14H31NO/c1-12(2)9-7-8-10-14(4,15(5)6)11-13(3)16/h12-13,16H,7-11H2,1-6H3. The van der Waals surface area contributed by atoms with Crippen LogP contribution in [-0.4, -0.2) is 35.7 Å². The highest BCUT2D eigenvalue weighted by molar-refractivity contribution is 4.84. The Morgan fingerprint density at radius 1 is 1.12 bits per heavy atom. The summed E-state index contributed by atoms with van der Waals surface area (Å²) in [5, 5.41) is 9.55. The second-order valence-corrected chi connectivity index (χ2v) is 6.08. The minimum absolute atomic E-state index is 0.144. The molecule has 1 N–H and O–H groups in total. The van der Waals surface area contributed by atoms with Gasteiger partial charge in [0.15, 0.2) is 0 Å². The van der Waals surface area contributed by atoms with Crippen molar-refractivity contribution in [3.63, 3.8) is 0 Å². The highest BCUT2D eigenvalue weighted by Gasteiger charge is 2.27. The predicted octanol–water partition coefficient (Wildman–Crippen LogP) is 3.29. The number of aliphatic hydroxyl groups excluding tert-OH is 1. The lowest BCUT2D eigenvalue weighted by molar-refractivity contribution is 0.0728. The monoisotopic (exact) mass is 229 g/mol. The molecule has 0 amide bonds. The first-order valence-corrected chi connectivity index (χ1v) is 6.63. The Balaban J connectivity index is 4.03. The van der Waals surface area contributed by atoms with Crippen LogP contribution in [0.5, 0.6) is 0 Å². The average molecular weight is 229 g/mol. The Hall–Kier alpha value is -0.0800. The summed E-state index contributed by atoms with van der Waals surface area (Å²) < 4.78 is 0. The smallest absolute Gasteiger partial charge is 0.0529 e. The van der Waals surface area contributed by atoms with Gasteiger partial charge in [0, 0.05) is 5.54 Å². The lowest BCUT2D eigenvalue weighted by Crippen LogP contribution is -2.43. The largest absolute Gasteiger partial charge is 0.393 e. The van der Waals surface area contributed by atoms with Gasteiger partial charge < -0.3 is 10.0 Å². The Labute approximate surface area is 102 Å². The van der Waals surface area contributed by atoms with Crippen LogP contribution in [0, 0.1) is 5.92 Å². The summed E-state index contributed by atoms with van der Waals surface area (Å²) in [6, 6.07) is 0. The third kappa shape index (κ3) is 6.49. The molecule has 16 heavy (non-hydrogen) atoms. The van der Waals surface area contributed by atoms with Crippen LogP contribution < -0.4 is 0 Å². The lowest BCUT2D eigenvalue weighted by atomic mass is 9.87. The topological polar surface area (TPSA) is 23.5 Å². The highest BCUT2D eigenvalue weighted by atomic mass is 16.3. The van der Waals surface area contributed by atoms with E-state index in [1.165, 1.54) is 25.7 Å². The van der Waals surface area contributed by atoms with Crippen LogP contribution >= 0.6 is 0 Å². The van der Waals surface area contributed by atoms with Crippen molar-refractivity contribution in [1.29, 1.82) is 0 Å². The molecule has 0 aromatic rings. The van der Waals surface area contributed by atoms with Crippen LogP contribution in [0.4, 0.5) is 0 Å². The Kier molecular flexibility index (Phi) is 7.25. The van der Waals surface area contributed by atoms with Crippen molar-refractivity contribution < 1.29 is 5.11 Å². The Morgan fingerprint density at radius 2 is 1.69 bits per heavy atom. The van der Waals surface area contributed by atoms with E-state index in [1.807, 2.05) is 6.92 Å². The average Bonchev–Trinajstić information content (AvgIpc) is 2.10. The fourth-order valence-corrected chi connectivity index (χ4v) is 2.20. The number of hydrogen-bond donors (Lipinski definition) is 1. The molecule has 0 saturated carbocycles. The van der Waals surface area contributed by atoms with E-state index in [1.54, 1.807) is 0 Å². The van der Waals surface area contributed by atoms with E-state index in [9.17, 15) is 5.11 Å². The minimum Gasteiger partial charge on any atom is -0.393 e. The van der Waals surface area contributed by atoms with Gasteiger partial charge in [-0.05, 0) is 46.7 Å². The zero-order valence-corrected chi connectivity index (χ0v) is 12.1. The molecule has 0 rings (SSSR count). The van der Waals surface area contributed by atoms with Gasteiger partial charge in [-0.1, -0.05) is 33.1 Å². The van der Waals surface area contributed by atoms with Crippen LogP contribution in [0.15, 0.2) is 0 Å². The summed E-state index contributed by atoms with van der Waals surface area (Å²) in [6.45, 7) is 8.70. The number of hydrogen-bond acceptors (Lipinski definition) is 2. The number of unbranched alkanes of at least 4 members (excludes halogenated alkanes) is 1. The van der Waals surface area contributed by atoms with Gasteiger partial charge in [0.25, 0.3) is 0 Å². The first-order chi connectivity index (χ1) is 7.28. The van der Waals surface area contributed by atoms with E-state index in [-0.39, 0.29) is 11.6 Å². The molecule has 0 aliphatic carbocycles. The van der Waals surface area contributed by atoms with Crippen LogP contribution in [-0.2, 0) is 0 Å². The molecule has 0 aliphatic rings. The minimum atomic E-state index is -0.211. The van der Waals surface area contributed by atoms with Crippen molar-refractivity contribution in [3.05, 3.63) is 0 Å². The van der Waals surface area contributed by atoms with Gasteiger partial charge in [0.2, 0.25) is 0 Å². The van der Waals surface area contributed by atoms with Crippen molar-refractivity contribution in [2.24, 2.45) is 5.92 Å². The highest BCUT2D eigenvalue weighted by Crippen LogP contribution is 2.26. The summed E-state index contributed by atoms with van der Waals surface area (Å²) in [5.74, 6) is 0.808.